The van der Waals surface area contributed by atoms with Crippen molar-refractivity contribution in [2.24, 2.45) is 0 Å². The van der Waals surface area contributed by atoms with Crippen LogP contribution in [0.15, 0.2) is 65.6 Å². The van der Waals surface area contributed by atoms with Gasteiger partial charge in [0.25, 0.3) is 0 Å². The van der Waals surface area contributed by atoms with E-state index in [0.29, 0.717) is 18.8 Å². The third-order valence-corrected chi connectivity index (χ3v) is 5.65. The number of hydrogen-bond donors (Lipinski definition) is 1. The zero-order valence-electron chi connectivity index (χ0n) is 15.5. The first kappa shape index (κ1) is 19.3. The van der Waals surface area contributed by atoms with Crippen molar-refractivity contribution in [1.82, 2.24) is 10.2 Å². The molecule has 142 valence electrons. The third-order valence-electron chi connectivity index (χ3n) is 4.55. The summed E-state index contributed by atoms with van der Waals surface area (Å²) < 4.78 is 0. The average Bonchev–Trinajstić information content (AvgIpc) is 2.72. The number of benzene rings is 2. The van der Waals surface area contributed by atoms with Gasteiger partial charge in [0.05, 0.1) is 0 Å². The molecule has 0 radical (unpaired) electrons. The first-order valence-electron chi connectivity index (χ1n) is 9.17. The minimum absolute atomic E-state index is 0.00124. The number of hydrogen-bond acceptors (Lipinski definition) is 4. The average molecular weight is 384 g/mol. The van der Waals surface area contributed by atoms with Crippen LogP contribution >= 0.6 is 11.8 Å². The van der Waals surface area contributed by atoms with E-state index in [1.807, 2.05) is 53.4 Å². The number of nitrogens with one attached hydrogen (secondary N) is 1. The molecule has 1 aliphatic rings. The van der Waals surface area contributed by atoms with E-state index >= 15 is 0 Å². The molecular formula is C21H25N3O2S. The minimum atomic E-state index is -0.504. The van der Waals surface area contributed by atoms with Gasteiger partial charge < -0.3 is 15.1 Å². The molecule has 1 unspecified atom stereocenters. The summed E-state index contributed by atoms with van der Waals surface area (Å²) in [6.07, 6.45) is 0. The summed E-state index contributed by atoms with van der Waals surface area (Å²) in [5.74, 6) is 0.354. The van der Waals surface area contributed by atoms with Gasteiger partial charge in [0.1, 0.15) is 6.04 Å². The lowest BCUT2D eigenvalue weighted by molar-refractivity contribution is -0.135. The van der Waals surface area contributed by atoms with Crippen molar-refractivity contribution in [3.8, 4) is 0 Å². The van der Waals surface area contributed by atoms with Crippen molar-refractivity contribution >= 4 is 29.3 Å². The van der Waals surface area contributed by atoms with E-state index in [4.69, 9.17) is 0 Å². The smallest absolute Gasteiger partial charge is 0.246 e. The molecule has 1 atom stereocenters. The highest BCUT2D eigenvalue weighted by Gasteiger charge is 2.28. The first-order chi connectivity index (χ1) is 13.1. The Balaban J connectivity index is 1.58. The number of nitrogens with zero attached hydrogens (tertiary/aromatic N) is 2. The van der Waals surface area contributed by atoms with Gasteiger partial charge in [-0.15, -0.1) is 11.8 Å². The summed E-state index contributed by atoms with van der Waals surface area (Å²) in [5, 5.41) is 2.83. The predicted molar refractivity (Wildman–Crippen MR) is 110 cm³/mol. The van der Waals surface area contributed by atoms with Crippen molar-refractivity contribution in [1.29, 1.82) is 0 Å². The number of para-hydroxylation sites is 1. The van der Waals surface area contributed by atoms with Crippen LogP contribution in [0.25, 0.3) is 0 Å². The zero-order valence-corrected chi connectivity index (χ0v) is 16.3. The maximum atomic E-state index is 13.0. The summed E-state index contributed by atoms with van der Waals surface area (Å²) in [7, 11) is 0. The van der Waals surface area contributed by atoms with Gasteiger partial charge in [-0.1, -0.05) is 36.4 Å². The van der Waals surface area contributed by atoms with Crippen molar-refractivity contribution < 1.29 is 9.59 Å². The first-order valence-corrected chi connectivity index (χ1v) is 10.2. The molecule has 0 aromatic heterocycles. The number of thioether (sulfide) groups is 1. The molecule has 0 spiro atoms. The molecule has 3 rings (SSSR count). The Hall–Kier alpha value is -2.47. The lowest BCUT2D eigenvalue weighted by Gasteiger charge is -2.37. The topological polar surface area (TPSA) is 52.7 Å². The maximum absolute atomic E-state index is 13.0. The molecule has 1 N–H and O–H groups in total. The van der Waals surface area contributed by atoms with E-state index in [9.17, 15) is 9.59 Å². The van der Waals surface area contributed by atoms with Gasteiger partial charge in [-0.3, -0.25) is 9.59 Å². The molecule has 5 nitrogen and oxygen atoms in total. The number of amides is 2. The van der Waals surface area contributed by atoms with Crippen LogP contribution in [0.1, 0.15) is 6.92 Å². The molecule has 0 aliphatic carbocycles. The summed E-state index contributed by atoms with van der Waals surface area (Å²) in [4.78, 5) is 29.8. The fraction of sp³-hybridized carbons (Fsp3) is 0.333. The monoisotopic (exact) mass is 383 g/mol. The quantitative estimate of drug-likeness (QED) is 0.779. The summed E-state index contributed by atoms with van der Waals surface area (Å²) in [6.45, 7) is 4.39. The molecule has 6 heteroatoms. The Labute approximate surface area is 164 Å². The molecule has 1 heterocycles. The molecule has 0 bridgehead atoms. The standard InChI is InChI=1S/C21H25N3O2S/c1-17(25)22-20(16-27-19-10-6-3-7-11-19)21(26)24-14-12-23(13-15-24)18-8-4-2-5-9-18/h2-11,20H,12-16H2,1H3,(H,22,25). The summed E-state index contributed by atoms with van der Waals surface area (Å²) in [6, 6.07) is 19.7. The third kappa shape index (κ3) is 5.50. The van der Waals surface area contributed by atoms with Gasteiger partial charge in [0.2, 0.25) is 11.8 Å². The van der Waals surface area contributed by atoms with Crippen molar-refractivity contribution in [3.63, 3.8) is 0 Å². The maximum Gasteiger partial charge on any atom is 0.246 e. The van der Waals surface area contributed by atoms with Gasteiger partial charge in [0.15, 0.2) is 0 Å². The normalized spacial score (nSPS) is 15.3. The fourth-order valence-corrected chi connectivity index (χ4v) is 4.10. The number of piperazine rings is 1. The second-order valence-electron chi connectivity index (χ2n) is 6.53. The molecule has 2 aromatic carbocycles. The van der Waals surface area contributed by atoms with Crippen molar-refractivity contribution in [3.05, 3.63) is 60.7 Å². The van der Waals surface area contributed by atoms with Crippen LogP contribution in [-0.4, -0.2) is 54.7 Å². The molecule has 1 fully saturated rings. The van der Waals surface area contributed by atoms with Gasteiger partial charge in [-0.05, 0) is 24.3 Å². The Morgan fingerprint density at radius 3 is 2.15 bits per heavy atom. The number of rotatable bonds is 6. The highest BCUT2D eigenvalue weighted by atomic mass is 32.2. The van der Waals surface area contributed by atoms with Gasteiger partial charge in [-0.25, -0.2) is 0 Å². The van der Waals surface area contributed by atoms with Gasteiger partial charge >= 0.3 is 0 Å². The van der Waals surface area contributed by atoms with Crippen LogP contribution in [0.4, 0.5) is 5.69 Å². The lowest BCUT2D eigenvalue weighted by atomic mass is 10.2. The van der Waals surface area contributed by atoms with Crippen LogP contribution in [0, 0.1) is 0 Å². The van der Waals surface area contributed by atoms with Crippen LogP contribution in [0.3, 0.4) is 0 Å². The minimum Gasteiger partial charge on any atom is -0.368 e. The molecule has 1 aliphatic heterocycles. The molecule has 2 aromatic rings. The van der Waals surface area contributed by atoms with Crippen molar-refractivity contribution in [2.45, 2.75) is 17.9 Å². The second-order valence-corrected chi connectivity index (χ2v) is 7.62. The number of anilines is 1. The molecule has 0 saturated carbocycles. The summed E-state index contributed by atoms with van der Waals surface area (Å²) >= 11 is 1.59. The molecule has 1 saturated heterocycles. The fourth-order valence-electron chi connectivity index (χ4n) is 3.16. The Bertz CT molecular complexity index is 747. The number of carbonyl (C=O) groups excluding carboxylic acids is 2. The Kier molecular flexibility index (Phi) is 6.76. The number of carbonyl (C=O) groups is 2. The molecular weight excluding hydrogens is 358 g/mol. The second kappa shape index (κ2) is 9.46. The molecule has 27 heavy (non-hydrogen) atoms. The van der Waals surface area contributed by atoms with Crippen LogP contribution in [-0.2, 0) is 9.59 Å². The van der Waals surface area contributed by atoms with E-state index in [1.165, 1.54) is 12.6 Å². The van der Waals surface area contributed by atoms with Crippen LogP contribution < -0.4 is 10.2 Å². The largest absolute Gasteiger partial charge is 0.368 e. The van der Waals surface area contributed by atoms with Crippen molar-refractivity contribution in [2.75, 3.05) is 36.8 Å². The van der Waals surface area contributed by atoms with E-state index in [2.05, 4.69) is 22.3 Å². The summed E-state index contributed by atoms with van der Waals surface area (Å²) in [5.41, 5.74) is 1.18. The van der Waals surface area contributed by atoms with E-state index in [0.717, 1.165) is 18.0 Å². The molecule has 2 amide bonds. The highest BCUT2D eigenvalue weighted by Crippen LogP contribution is 2.20. The highest BCUT2D eigenvalue weighted by molar-refractivity contribution is 7.99. The Morgan fingerprint density at radius 2 is 1.56 bits per heavy atom. The van der Waals surface area contributed by atoms with Crippen LogP contribution in [0.2, 0.25) is 0 Å². The van der Waals surface area contributed by atoms with E-state index < -0.39 is 6.04 Å². The lowest BCUT2D eigenvalue weighted by Crippen LogP contribution is -2.55. The van der Waals surface area contributed by atoms with E-state index in [1.54, 1.807) is 11.8 Å². The van der Waals surface area contributed by atoms with E-state index in [-0.39, 0.29) is 11.8 Å². The van der Waals surface area contributed by atoms with Gasteiger partial charge in [-0.2, -0.15) is 0 Å². The zero-order chi connectivity index (χ0) is 19.1. The predicted octanol–water partition coefficient (Wildman–Crippen LogP) is 2.63. The SMILES string of the molecule is CC(=O)NC(CSc1ccccc1)C(=O)N1CCN(c2ccccc2)CC1. The van der Waals surface area contributed by atoms with Gasteiger partial charge in [0, 0.05) is 49.4 Å². The Morgan fingerprint density at radius 1 is 0.963 bits per heavy atom. The van der Waals surface area contributed by atoms with Crippen LogP contribution in [0.5, 0.6) is 0 Å².